The second-order valence-electron chi connectivity index (χ2n) is 9.84. The van der Waals surface area contributed by atoms with E-state index < -0.39 is 35.7 Å². The van der Waals surface area contributed by atoms with E-state index in [-0.39, 0.29) is 31.8 Å². The van der Waals surface area contributed by atoms with Gasteiger partial charge in [-0.3, -0.25) is 0 Å². The molecule has 2 aromatic carbocycles. The number of rotatable bonds is 16. The van der Waals surface area contributed by atoms with Gasteiger partial charge >= 0.3 is 192 Å². The average Bonchev–Trinajstić information content (AvgIpc) is 3.33. The molecule has 3 rings (SSSR count). The van der Waals surface area contributed by atoms with Crippen LogP contribution in [-0.2, 0) is 36.8 Å². The molecular weight excluding hydrogens is 544 g/mol. The first-order valence-corrected chi connectivity index (χ1v) is 13.8. The minimum atomic E-state index is -0.808. The molecular formula is C30H37BFN3O7. The fourth-order valence-corrected chi connectivity index (χ4v) is 4.83. The van der Waals surface area contributed by atoms with E-state index in [9.17, 15) is 23.5 Å². The Labute approximate surface area is 245 Å². The third kappa shape index (κ3) is 9.51. The molecule has 0 saturated carbocycles. The zero-order valence-electron chi connectivity index (χ0n) is 24.1. The molecule has 2 aromatic rings. The Hall–Kier alpha value is -4.06. The SMILES string of the molecule is CCOC(=O)C=C[C@H](C[C@@H]1CCN(Cc2ccc(OC)cc2OC)C1=O)NC(=O)[C@H](Cc1ccc(F)cc1)NCB=O. The van der Waals surface area contributed by atoms with Crippen LogP contribution < -0.4 is 20.1 Å². The van der Waals surface area contributed by atoms with E-state index in [2.05, 4.69) is 10.6 Å². The zero-order chi connectivity index (χ0) is 30.5. The molecule has 3 atom stereocenters. The van der Waals surface area contributed by atoms with Gasteiger partial charge in [0, 0.05) is 6.07 Å². The van der Waals surface area contributed by atoms with E-state index in [4.69, 9.17) is 14.2 Å². The second kappa shape index (κ2) is 16.4. The molecule has 0 aliphatic carbocycles. The van der Waals surface area contributed by atoms with E-state index in [1.165, 1.54) is 24.3 Å². The second-order valence-corrected chi connectivity index (χ2v) is 9.84. The predicted octanol–water partition coefficient (Wildman–Crippen LogP) is 2.39. The number of ether oxygens (including phenoxy) is 3. The van der Waals surface area contributed by atoms with Crippen molar-refractivity contribution in [2.75, 3.05) is 33.8 Å². The molecule has 0 radical (unpaired) electrons. The zero-order valence-corrected chi connectivity index (χ0v) is 24.1. The van der Waals surface area contributed by atoms with Crippen molar-refractivity contribution in [3.63, 3.8) is 0 Å². The van der Waals surface area contributed by atoms with Crippen molar-refractivity contribution >= 4 is 24.9 Å². The van der Waals surface area contributed by atoms with Crippen LogP contribution in [0.25, 0.3) is 0 Å². The van der Waals surface area contributed by atoms with Crippen LogP contribution >= 0.6 is 0 Å². The molecule has 224 valence electrons. The molecule has 1 fully saturated rings. The molecule has 12 heteroatoms. The summed E-state index contributed by atoms with van der Waals surface area (Å²) >= 11 is 0. The summed E-state index contributed by atoms with van der Waals surface area (Å²) in [7, 11) is 3.77. The number of carbonyl (C=O) groups excluding carboxylic acids is 3. The van der Waals surface area contributed by atoms with Gasteiger partial charge in [0.25, 0.3) is 0 Å². The molecule has 1 saturated heterocycles. The van der Waals surface area contributed by atoms with Crippen LogP contribution in [0.5, 0.6) is 11.5 Å². The quantitative estimate of drug-likeness (QED) is 0.176. The topological polar surface area (TPSA) is 123 Å². The van der Waals surface area contributed by atoms with Crippen LogP contribution in [-0.4, -0.2) is 75.7 Å². The third-order valence-corrected chi connectivity index (χ3v) is 7.00. The molecule has 2 N–H and O–H groups in total. The average molecular weight is 581 g/mol. The Kier molecular flexibility index (Phi) is 12.7. The molecule has 2 amide bonds. The first-order chi connectivity index (χ1) is 20.3. The Morgan fingerprint density at radius 1 is 1.17 bits per heavy atom. The Balaban J connectivity index is 1.73. The molecule has 0 unspecified atom stereocenters. The van der Waals surface area contributed by atoms with Gasteiger partial charge in [0.1, 0.15) is 11.5 Å². The number of hydrogen-bond donors (Lipinski definition) is 2. The maximum atomic E-state index is 13.4. The van der Waals surface area contributed by atoms with Gasteiger partial charge in [-0.15, -0.1) is 0 Å². The van der Waals surface area contributed by atoms with Crippen LogP contribution in [0.4, 0.5) is 4.39 Å². The maximum absolute atomic E-state index is 13.4. The van der Waals surface area contributed by atoms with Gasteiger partial charge in [-0.05, 0) is 12.1 Å². The summed E-state index contributed by atoms with van der Waals surface area (Å²) in [5.74, 6) is -0.597. The number of methoxy groups -OCH3 is 2. The molecule has 42 heavy (non-hydrogen) atoms. The van der Waals surface area contributed by atoms with Gasteiger partial charge in [0.05, 0.1) is 14.2 Å². The molecule has 1 aliphatic heterocycles. The fraction of sp³-hybridized carbons (Fsp3) is 0.433. The molecule has 1 heterocycles. The van der Waals surface area contributed by atoms with Crippen molar-refractivity contribution in [1.29, 1.82) is 0 Å². The van der Waals surface area contributed by atoms with Gasteiger partial charge in [-0.1, -0.05) is 0 Å². The number of nitrogens with zero attached hydrogens (tertiary/aromatic N) is 1. The number of amides is 2. The summed E-state index contributed by atoms with van der Waals surface area (Å²) in [6, 6.07) is 9.69. The van der Waals surface area contributed by atoms with E-state index >= 15 is 0 Å². The molecule has 0 bridgehead atoms. The van der Waals surface area contributed by atoms with E-state index in [1.807, 2.05) is 12.1 Å². The van der Waals surface area contributed by atoms with Gasteiger partial charge in [-0.2, -0.15) is 0 Å². The van der Waals surface area contributed by atoms with E-state index in [0.717, 1.165) is 5.56 Å². The van der Waals surface area contributed by atoms with Gasteiger partial charge in [0.2, 0.25) is 0 Å². The standard InChI is InChI=1S/C30H37BFN3O7/c1-4-42-28(36)12-10-24(34-29(37)26(33-19-31-39)15-20-5-8-23(32)9-6-20)16-21-13-14-35(30(21)38)18-22-7-11-25(40-2)17-27(22)41-3/h5-12,17,21,24,26,33H,4,13-16,18-19H2,1-3H3,(H,34,37)/t21-,24+,26-/m0/s1. The van der Waals surface area contributed by atoms with Crippen LogP contribution in [0.1, 0.15) is 30.9 Å². The van der Waals surface area contributed by atoms with Crippen molar-refractivity contribution in [3.05, 3.63) is 71.6 Å². The van der Waals surface area contributed by atoms with Gasteiger partial charge in [-0.25, -0.2) is 0 Å². The number of nitrogens with one attached hydrogen (secondary N) is 2. The van der Waals surface area contributed by atoms with Crippen LogP contribution in [0.3, 0.4) is 0 Å². The monoisotopic (exact) mass is 581 g/mol. The summed E-state index contributed by atoms with van der Waals surface area (Å²) < 4.78 is 40.1. The van der Waals surface area contributed by atoms with Crippen LogP contribution in [0.2, 0.25) is 0 Å². The van der Waals surface area contributed by atoms with Crippen molar-refractivity contribution in [2.24, 2.45) is 5.92 Å². The van der Waals surface area contributed by atoms with Crippen molar-refractivity contribution < 1.29 is 37.7 Å². The fourth-order valence-electron chi connectivity index (χ4n) is 4.83. The minimum absolute atomic E-state index is 0.0620. The number of halogens is 1. The van der Waals surface area contributed by atoms with Crippen molar-refractivity contribution in [2.45, 2.75) is 44.8 Å². The Morgan fingerprint density at radius 3 is 2.60 bits per heavy atom. The molecule has 0 aromatic heterocycles. The van der Waals surface area contributed by atoms with Gasteiger partial charge in [0.15, 0.2) is 0 Å². The predicted molar refractivity (Wildman–Crippen MR) is 154 cm³/mol. The van der Waals surface area contributed by atoms with Crippen molar-refractivity contribution in [3.8, 4) is 11.5 Å². The van der Waals surface area contributed by atoms with Crippen LogP contribution in [0, 0.1) is 11.7 Å². The van der Waals surface area contributed by atoms with E-state index in [0.29, 0.717) is 43.7 Å². The Morgan fingerprint density at radius 2 is 1.93 bits per heavy atom. The normalized spacial score (nSPS) is 16.1. The number of carbonyl (C=O) groups is 3. The summed E-state index contributed by atoms with van der Waals surface area (Å²) in [6.07, 6.45) is 3.73. The number of benzene rings is 2. The van der Waals surface area contributed by atoms with Gasteiger partial charge < -0.3 is 9.47 Å². The number of esters is 1. The summed E-state index contributed by atoms with van der Waals surface area (Å²) in [5, 5.41) is 5.80. The molecule has 0 spiro atoms. The Bertz CT molecular complexity index is 1260. The van der Waals surface area contributed by atoms with Crippen LogP contribution in [0.15, 0.2) is 54.6 Å². The molecule has 10 nitrogen and oxygen atoms in total. The van der Waals surface area contributed by atoms with E-state index in [1.54, 1.807) is 44.2 Å². The van der Waals surface area contributed by atoms with Crippen molar-refractivity contribution in [1.82, 2.24) is 15.5 Å². The summed E-state index contributed by atoms with van der Waals surface area (Å²) in [5.41, 5.74) is 1.54. The summed E-state index contributed by atoms with van der Waals surface area (Å²) in [6.45, 7) is 2.76. The number of likely N-dealkylation sites (tertiary alicyclic amines) is 1. The third-order valence-electron chi connectivity index (χ3n) is 7.00. The molecule has 1 aliphatic rings. The summed E-state index contributed by atoms with van der Waals surface area (Å²) in [4.78, 5) is 40.5. The first kappa shape index (κ1) is 32.5. The first-order valence-electron chi connectivity index (χ1n) is 13.8. The number of hydrogen-bond acceptors (Lipinski definition) is 8.